The van der Waals surface area contributed by atoms with E-state index < -0.39 is 5.97 Å². The summed E-state index contributed by atoms with van der Waals surface area (Å²) in [5, 5.41) is 11.5. The summed E-state index contributed by atoms with van der Waals surface area (Å²) in [5.41, 5.74) is 1.73. The van der Waals surface area contributed by atoms with Crippen LogP contribution in [0.2, 0.25) is 0 Å². The highest BCUT2D eigenvalue weighted by atomic mass is 16.4. The zero-order valence-electron chi connectivity index (χ0n) is 17.3. The highest BCUT2D eigenvalue weighted by Crippen LogP contribution is 2.17. The van der Waals surface area contributed by atoms with Gasteiger partial charge in [-0.15, -0.1) is 0 Å². The van der Waals surface area contributed by atoms with Crippen LogP contribution >= 0.6 is 0 Å². The lowest BCUT2D eigenvalue weighted by atomic mass is 10.1. The first kappa shape index (κ1) is 21.9. The van der Waals surface area contributed by atoms with Gasteiger partial charge in [0, 0.05) is 38.3 Å². The lowest BCUT2D eigenvalue weighted by Gasteiger charge is -2.28. The van der Waals surface area contributed by atoms with Crippen molar-refractivity contribution in [3.8, 4) is 0 Å². The van der Waals surface area contributed by atoms with Gasteiger partial charge in [-0.05, 0) is 44.6 Å². The summed E-state index contributed by atoms with van der Waals surface area (Å²) >= 11 is 0. The number of nitrogens with one attached hydrogen (secondary N) is 1. The van der Waals surface area contributed by atoms with E-state index in [2.05, 4.69) is 29.0 Å². The molecule has 2 rings (SSSR count). The molecule has 2 amide bonds. The Morgan fingerprint density at radius 2 is 1.96 bits per heavy atom. The third kappa shape index (κ3) is 7.32. The molecule has 2 heterocycles. The number of aliphatic carboxylic acids is 1. The summed E-state index contributed by atoms with van der Waals surface area (Å²) in [6, 6.07) is 1.74. The van der Waals surface area contributed by atoms with Crippen molar-refractivity contribution in [2.75, 3.05) is 31.1 Å². The van der Waals surface area contributed by atoms with Gasteiger partial charge >= 0.3 is 12.0 Å². The van der Waals surface area contributed by atoms with Gasteiger partial charge in [0.2, 0.25) is 5.95 Å². The molecule has 8 heteroatoms. The number of rotatable bonds is 9. The molecule has 0 saturated carbocycles. The Morgan fingerprint density at radius 1 is 1.25 bits per heavy atom. The normalized spacial score (nSPS) is 14.2. The number of carbonyl (C=O) groups excluding carboxylic acids is 1. The highest BCUT2D eigenvalue weighted by molar-refractivity contribution is 5.74. The van der Waals surface area contributed by atoms with E-state index in [1.54, 1.807) is 4.90 Å². The topological polar surface area (TPSA) is 98.7 Å². The average Bonchev–Trinajstić information content (AvgIpc) is 2.64. The fourth-order valence-electron chi connectivity index (χ4n) is 3.34. The van der Waals surface area contributed by atoms with E-state index in [9.17, 15) is 9.59 Å². The number of hydrogen-bond acceptors (Lipinski definition) is 5. The molecule has 156 valence electrons. The summed E-state index contributed by atoms with van der Waals surface area (Å²) in [5.74, 6) is 0.213. The van der Waals surface area contributed by atoms with E-state index in [1.165, 1.54) is 6.42 Å². The number of hydrogen-bond donors (Lipinski definition) is 2. The smallest absolute Gasteiger partial charge is 0.317 e. The number of carboxylic acids is 1. The quantitative estimate of drug-likeness (QED) is 0.628. The predicted molar refractivity (Wildman–Crippen MR) is 108 cm³/mol. The number of carbonyl (C=O) groups is 2. The van der Waals surface area contributed by atoms with Gasteiger partial charge in [-0.2, -0.15) is 0 Å². The van der Waals surface area contributed by atoms with Crippen LogP contribution in [0.1, 0.15) is 57.3 Å². The molecule has 0 radical (unpaired) electrons. The van der Waals surface area contributed by atoms with E-state index in [0.717, 1.165) is 43.3 Å². The molecule has 1 fully saturated rings. The fraction of sp³-hybridized carbons (Fsp3) is 0.700. The number of carboxylic acid groups (broad SMARTS) is 1. The average molecular weight is 392 g/mol. The summed E-state index contributed by atoms with van der Waals surface area (Å²) in [6.45, 7) is 9.40. The monoisotopic (exact) mass is 391 g/mol. The van der Waals surface area contributed by atoms with E-state index >= 15 is 0 Å². The molecule has 0 spiro atoms. The van der Waals surface area contributed by atoms with Gasteiger partial charge < -0.3 is 20.2 Å². The molecular weight excluding hydrogens is 358 g/mol. The lowest BCUT2D eigenvalue weighted by molar-refractivity contribution is -0.137. The van der Waals surface area contributed by atoms with Gasteiger partial charge in [0.25, 0.3) is 0 Å². The van der Waals surface area contributed by atoms with Crippen molar-refractivity contribution < 1.29 is 14.7 Å². The Balaban J connectivity index is 2.05. The van der Waals surface area contributed by atoms with E-state index in [4.69, 9.17) is 10.1 Å². The van der Waals surface area contributed by atoms with Crippen LogP contribution in [0.4, 0.5) is 10.7 Å². The van der Waals surface area contributed by atoms with Crippen LogP contribution in [0.15, 0.2) is 6.07 Å². The van der Waals surface area contributed by atoms with E-state index in [1.807, 2.05) is 13.0 Å². The fourth-order valence-corrected chi connectivity index (χ4v) is 3.34. The summed E-state index contributed by atoms with van der Waals surface area (Å²) in [4.78, 5) is 36.5. The van der Waals surface area contributed by atoms with Crippen molar-refractivity contribution in [3.05, 3.63) is 17.5 Å². The van der Waals surface area contributed by atoms with Crippen molar-refractivity contribution in [1.82, 2.24) is 20.2 Å². The maximum Gasteiger partial charge on any atom is 0.317 e. The molecular formula is C20H33N5O3. The van der Waals surface area contributed by atoms with Crippen LogP contribution in [0, 0.1) is 12.8 Å². The molecule has 0 atom stereocenters. The second-order valence-electron chi connectivity index (χ2n) is 7.85. The van der Waals surface area contributed by atoms with Crippen LogP contribution in [-0.2, 0) is 11.3 Å². The van der Waals surface area contributed by atoms with Crippen molar-refractivity contribution >= 4 is 17.9 Å². The van der Waals surface area contributed by atoms with Gasteiger partial charge in [0.15, 0.2) is 0 Å². The van der Waals surface area contributed by atoms with Gasteiger partial charge in [-0.3, -0.25) is 4.79 Å². The van der Waals surface area contributed by atoms with Gasteiger partial charge in [0.05, 0.1) is 12.2 Å². The molecule has 1 saturated heterocycles. The van der Waals surface area contributed by atoms with Crippen LogP contribution in [0.5, 0.6) is 0 Å². The first-order valence-corrected chi connectivity index (χ1v) is 10.2. The molecule has 0 aliphatic carbocycles. The molecule has 0 unspecified atom stereocenters. The highest BCUT2D eigenvalue weighted by Gasteiger charge is 2.19. The molecule has 8 nitrogen and oxygen atoms in total. The first-order chi connectivity index (χ1) is 13.3. The van der Waals surface area contributed by atoms with Crippen LogP contribution in [0.25, 0.3) is 0 Å². The Bertz CT molecular complexity index is 659. The van der Waals surface area contributed by atoms with Crippen molar-refractivity contribution in [2.45, 2.75) is 59.4 Å². The van der Waals surface area contributed by atoms with Crippen LogP contribution < -0.4 is 10.2 Å². The molecule has 1 aromatic heterocycles. The standard InChI is InChI=1S/C20H33N5O3/c1-15(2)13-25(20(28)21-9-7-8-18(26)27)14-17-12-16(3)22-19(23-17)24-10-5-4-6-11-24/h12,15H,4-11,13-14H2,1-3H3,(H,21,28)(H,26,27). The SMILES string of the molecule is Cc1cc(CN(CC(C)C)C(=O)NCCCC(=O)O)nc(N2CCCCC2)n1. The molecule has 1 aliphatic rings. The minimum atomic E-state index is -0.852. The van der Waals surface area contributed by atoms with Crippen molar-refractivity contribution in [2.24, 2.45) is 5.92 Å². The number of aromatic nitrogens is 2. The minimum Gasteiger partial charge on any atom is -0.481 e. The largest absolute Gasteiger partial charge is 0.481 e. The van der Waals surface area contributed by atoms with Gasteiger partial charge in [-0.25, -0.2) is 14.8 Å². The van der Waals surface area contributed by atoms with Gasteiger partial charge in [0.1, 0.15) is 0 Å². The van der Waals surface area contributed by atoms with Crippen molar-refractivity contribution in [3.63, 3.8) is 0 Å². The number of piperidine rings is 1. The Labute approximate surface area is 167 Å². The number of amides is 2. The number of aryl methyl sites for hydroxylation is 1. The molecule has 0 bridgehead atoms. The van der Waals surface area contributed by atoms with Crippen LogP contribution in [-0.4, -0.2) is 58.2 Å². The number of anilines is 1. The Morgan fingerprint density at radius 3 is 2.61 bits per heavy atom. The third-order valence-corrected chi connectivity index (χ3v) is 4.60. The Kier molecular flexibility index (Phi) is 8.47. The van der Waals surface area contributed by atoms with E-state index in [-0.39, 0.29) is 12.5 Å². The zero-order chi connectivity index (χ0) is 20.5. The molecule has 1 aromatic rings. The summed E-state index contributed by atoms with van der Waals surface area (Å²) in [7, 11) is 0. The maximum atomic E-state index is 12.6. The Hall–Kier alpha value is -2.38. The number of nitrogens with zero attached hydrogens (tertiary/aromatic N) is 4. The summed E-state index contributed by atoms with van der Waals surface area (Å²) in [6.07, 6.45) is 4.03. The number of urea groups is 1. The minimum absolute atomic E-state index is 0.0504. The maximum absolute atomic E-state index is 12.6. The van der Waals surface area contributed by atoms with Gasteiger partial charge in [-0.1, -0.05) is 13.8 Å². The molecule has 1 aliphatic heterocycles. The molecule has 0 aromatic carbocycles. The predicted octanol–water partition coefficient (Wildman–Crippen LogP) is 2.81. The van der Waals surface area contributed by atoms with Crippen LogP contribution in [0.3, 0.4) is 0 Å². The lowest BCUT2D eigenvalue weighted by Crippen LogP contribution is -2.42. The summed E-state index contributed by atoms with van der Waals surface area (Å²) < 4.78 is 0. The zero-order valence-corrected chi connectivity index (χ0v) is 17.3. The van der Waals surface area contributed by atoms with Crippen molar-refractivity contribution in [1.29, 1.82) is 0 Å². The molecule has 2 N–H and O–H groups in total. The van der Waals surface area contributed by atoms with E-state index in [0.29, 0.717) is 32.0 Å². The second-order valence-corrected chi connectivity index (χ2v) is 7.85. The first-order valence-electron chi connectivity index (χ1n) is 10.2. The molecule has 28 heavy (non-hydrogen) atoms. The second kappa shape index (κ2) is 10.8. The third-order valence-electron chi connectivity index (χ3n) is 4.60.